The zero-order valence-corrected chi connectivity index (χ0v) is 14.6. The van der Waals surface area contributed by atoms with Gasteiger partial charge >= 0.3 is 5.97 Å². The van der Waals surface area contributed by atoms with Crippen molar-refractivity contribution in [1.82, 2.24) is 0 Å². The van der Waals surface area contributed by atoms with E-state index in [4.69, 9.17) is 9.15 Å². The number of carbonyl (C=O) groups is 2. The summed E-state index contributed by atoms with van der Waals surface area (Å²) in [6.45, 7) is 5.68. The van der Waals surface area contributed by atoms with Gasteiger partial charge in [0.15, 0.2) is 0 Å². The molecule has 0 atom stereocenters. The largest absolute Gasteiger partial charge is 0.465 e. The fourth-order valence-electron chi connectivity index (χ4n) is 3.09. The quantitative estimate of drug-likeness (QED) is 0.632. The molecule has 0 saturated carbocycles. The number of methoxy groups -OCH3 is 1. The maximum absolute atomic E-state index is 13.1. The number of hydrogen-bond acceptors (Lipinski definition) is 4. The van der Waals surface area contributed by atoms with Crippen LogP contribution >= 0.6 is 0 Å². The average molecular weight is 337 g/mol. The molecule has 0 aliphatic carbocycles. The Hall–Kier alpha value is -3.08. The summed E-state index contributed by atoms with van der Waals surface area (Å²) in [6, 6.07) is 9.31. The van der Waals surface area contributed by atoms with Gasteiger partial charge in [-0.1, -0.05) is 6.07 Å². The highest BCUT2D eigenvalue weighted by Crippen LogP contribution is 2.36. The number of rotatable bonds is 3. The van der Waals surface area contributed by atoms with E-state index in [-0.39, 0.29) is 17.1 Å². The number of amides is 1. The highest BCUT2D eigenvalue weighted by Gasteiger charge is 2.38. The van der Waals surface area contributed by atoms with Crippen LogP contribution in [0.4, 0.5) is 5.69 Å². The number of allylic oxidation sites excluding steroid dienone is 1. The number of ether oxygens (including phenoxy) is 1. The van der Waals surface area contributed by atoms with Crippen LogP contribution in [0.25, 0.3) is 6.08 Å². The summed E-state index contributed by atoms with van der Waals surface area (Å²) in [5.41, 5.74) is 3.86. The fraction of sp³-hybridized carbons (Fsp3) is 0.200. The maximum Gasteiger partial charge on any atom is 0.340 e. The third-order valence-electron chi connectivity index (χ3n) is 4.08. The van der Waals surface area contributed by atoms with Crippen molar-refractivity contribution in [2.45, 2.75) is 20.8 Å². The zero-order valence-electron chi connectivity index (χ0n) is 14.6. The van der Waals surface area contributed by atoms with Gasteiger partial charge in [0.2, 0.25) is 0 Å². The molecule has 0 fully saturated rings. The second kappa shape index (κ2) is 6.43. The second-order valence-electron chi connectivity index (χ2n) is 6.01. The van der Waals surface area contributed by atoms with Crippen LogP contribution in [0.15, 0.2) is 57.9 Å². The third kappa shape index (κ3) is 3.01. The van der Waals surface area contributed by atoms with Gasteiger partial charge in [0, 0.05) is 11.4 Å². The number of nitrogens with zero attached hydrogens (tertiary/aromatic N) is 1. The second-order valence-corrected chi connectivity index (χ2v) is 6.01. The topological polar surface area (TPSA) is 59.8 Å². The SMILES string of the molecule is COC(=O)C1=C(C)N(c2cc(C)cc(C)c2)C(=O)/C1=C\c1ccco1. The molecular formula is C20H19NO4. The summed E-state index contributed by atoms with van der Waals surface area (Å²) in [6.07, 6.45) is 3.09. The fourth-order valence-corrected chi connectivity index (χ4v) is 3.09. The molecule has 0 spiro atoms. The van der Waals surface area contributed by atoms with Crippen LogP contribution in [0.1, 0.15) is 23.8 Å². The van der Waals surface area contributed by atoms with Crippen LogP contribution in [0.5, 0.6) is 0 Å². The molecule has 0 bridgehead atoms. The Bertz CT molecular complexity index is 884. The van der Waals surface area contributed by atoms with Crippen molar-refractivity contribution in [3.05, 3.63) is 70.3 Å². The lowest BCUT2D eigenvalue weighted by Crippen LogP contribution is -2.24. The number of hydrogen-bond donors (Lipinski definition) is 0. The minimum Gasteiger partial charge on any atom is -0.465 e. The number of furan rings is 1. The predicted molar refractivity (Wildman–Crippen MR) is 94.8 cm³/mol. The summed E-state index contributed by atoms with van der Waals surface area (Å²) in [5.74, 6) is -0.324. The number of esters is 1. The van der Waals surface area contributed by atoms with Crippen molar-refractivity contribution in [2.75, 3.05) is 12.0 Å². The van der Waals surface area contributed by atoms with E-state index >= 15 is 0 Å². The molecule has 128 valence electrons. The molecule has 0 saturated heterocycles. The van der Waals surface area contributed by atoms with Gasteiger partial charge < -0.3 is 9.15 Å². The summed E-state index contributed by atoms with van der Waals surface area (Å²) in [7, 11) is 1.30. The van der Waals surface area contributed by atoms with E-state index in [1.807, 2.05) is 32.0 Å². The first kappa shape index (κ1) is 16.8. The van der Waals surface area contributed by atoms with Crippen molar-refractivity contribution >= 4 is 23.6 Å². The molecule has 5 nitrogen and oxygen atoms in total. The highest BCUT2D eigenvalue weighted by atomic mass is 16.5. The first-order valence-electron chi connectivity index (χ1n) is 7.90. The Kier molecular flexibility index (Phi) is 4.31. The summed E-state index contributed by atoms with van der Waals surface area (Å²) < 4.78 is 10.2. The van der Waals surface area contributed by atoms with Crippen LogP contribution in [-0.4, -0.2) is 19.0 Å². The molecule has 0 radical (unpaired) electrons. The zero-order chi connectivity index (χ0) is 18.1. The molecule has 1 aromatic carbocycles. The van der Waals surface area contributed by atoms with Gasteiger partial charge in [0.1, 0.15) is 5.76 Å². The standard InChI is InChI=1S/C20H19NO4/c1-12-8-13(2)10-15(9-12)21-14(3)18(20(23)24-4)17(19(21)22)11-16-6-5-7-25-16/h5-11H,1-4H3/b17-11-. The van der Waals surface area contributed by atoms with Gasteiger partial charge in [0.25, 0.3) is 5.91 Å². The van der Waals surface area contributed by atoms with Crippen molar-refractivity contribution in [2.24, 2.45) is 0 Å². The predicted octanol–water partition coefficient (Wildman–Crippen LogP) is 3.77. The molecule has 25 heavy (non-hydrogen) atoms. The summed E-state index contributed by atoms with van der Waals surface area (Å²) in [4.78, 5) is 26.9. The van der Waals surface area contributed by atoms with E-state index < -0.39 is 5.97 Å². The molecule has 5 heteroatoms. The first-order valence-corrected chi connectivity index (χ1v) is 7.90. The third-order valence-corrected chi connectivity index (χ3v) is 4.08. The molecule has 0 unspecified atom stereocenters. The van der Waals surface area contributed by atoms with E-state index in [0.29, 0.717) is 11.5 Å². The highest BCUT2D eigenvalue weighted by molar-refractivity contribution is 6.23. The van der Waals surface area contributed by atoms with Crippen molar-refractivity contribution in [3.8, 4) is 0 Å². The monoisotopic (exact) mass is 337 g/mol. The Morgan fingerprint density at radius 3 is 2.40 bits per heavy atom. The average Bonchev–Trinajstić information content (AvgIpc) is 3.13. The van der Waals surface area contributed by atoms with E-state index in [9.17, 15) is 9.59 Å². The number of aryl methyl sites for hydroxylation is 2. The van der Waals surface area contributed by atoms with Crippen molar-refractivity contribution in [1.29, 1.82) is 0 Å². The van der Waals surface area contributed by atoms with Gasteiger partial charge in [0.05, 0.1) is 24.5 Å². The van der Waals surface area contributed by atoms with Crippen LogP contribution in [0, 0.1) is 13.8 Å². The van der Waals surface area contributed by atoms with Gasteiger partial charge in [-0.25, -0.2) is 4.79 Å². The van der Waals surface area contributed by atoms with Crippen LogP contribution in [0.3, 0.4) is 0 Å². The minimum absolute atomic E-state index is 0.253. The Balaban J connectivity index is 2.16. The van der Waals surface area contributed by atoms with Crippen LogP contribution in [0.2, 0.25) is 0 Å². The summed E-state index contributed by atoms with van der Waals surface area (Å²) >= 11 is 0. The molecule has 1 aliphatic heterocycles. The molecule has 3 rings (SSSR count). The molecule has 1 aliphatic rings. The first-order chi connectivity index (χ1) is 11.9. The molecule has 1 amide bonds. The minimum atomic E-state index is -0.546. The van der Waals surface area contributed by atoms with Crippen LogP contribution in [-0.2, 0) is 14.3 Å². The smallest absolute Gasteiger partial charge is 0.340 e. The summed E-state index contributed by atoms with van der Waals surface area (Å²) in [5, 5.41) is 0. The molecule has 0 N–H and O–H groups in total. The number of anilines is 1. The lowest BCUT2D eigenvalue weighted by atomic mass is 10.1. The van der Waals surface area contributed by atoms with E-state index in [1.54, 1.807) is 30.0 Å². The van der Waals surface area contributed by atoms with Crippen molar-refractivity contribution < 1.29 is 18.7 Å². The lowest BCUT2D eigenvalue weighted by molar-refractivity contribution is -0.136. The number of benzene rings is 1. The van der Waals surface area contributed by atoms with E-state index in [0.717, 1.165) is 16.8 Å². The maximum atomic E-state index is 13.1. The van der Waals surface area contributed by atoms with Gasteiger partial charge in [-0.05, 0) is 62.2 Å². The van der Waals surface area contributed by atoms with Crippen molar-refractivity contribution in [3.63, 3.8) is 0 Å². The molecular weight excluding hydrogens is 318 g/mol. The van der Waals surface area contributed by atoms with E-state index in [1.165, 1.54) is 13.4 Å². The Morgan fingerprint density at radius 2 is 1.84 bits per heavy atom. The Morgan fingerprint density at radius 1 is 1.16 bits per heavy atom. The number of carbonyl (C=O) groups excluding carboxylic acids is 2. The normalized spacial score (nSPS) is 16.1. The Labute approximate surface area is 146 Å². The van der Waals surface area contributed by atoms with Gasteiger partial charge in [-0.15, -0.1) is 0 Å². The van der Waals surface area contributed by atoms with Gasteiger partial charge in [-0.3, -0.25) is 9.69 Å². The molecule has 2 aromatic rings. The molecule has 2 heterocycles. The van der Waals surface area contributed by atoms with Gasteiger partial charge in [-0.2, -0.15) is 0 Å². The van der Waals surface area contributed by atoms with E-state index in [2.05, 4.69) is 0 Å². The lowest BCUT2D eigenvalue weighted by Gasteiger charge is -2.19. The van der Waals surface area contributed by atoms with Crippen LogP contribution < -0.4 is 4.90 Å². The molecule has 1 aromatic heterocycles.